The fourth-order valence-electron chi connectivity index (χ4n) is 2.46. The first-order chi connectivity index (χ1) is 11.8. The van der Waals surface area contributed by atoms with Gasteiger partial charge >= 0.3 is 6.03 Å². The molecule has 0 saturated heterocycles. The lowest BCUT2D eigenvalue weighted by Crippen LogP contribution is -2.32. The molecule has 3 N–H and O–H groups in total. The molecule has 2 heterocycles. The molecule has 0 unspecified atom stereocenters. The van der Waals surface area contributed by atoms with Crippen molar-refractivity contribution in [1.82, 2.24) is 30.4 Å². The first-order valence-electron chi connectivity index (χ1n) is 7.99. The smallest absolute Gasteiger partial charge is 0.314 e. The third-order valence-corrected chi connectivity index (χ3v) is 4.24. The van der Waals surface area contributed by atoms with Crippen LogP contribution in [-0.2, 0) is 12.0 Å². The monoisotopic (exact) mass is 360 g/mol. The van der Waals surface area contributed by atoms with Gasteiger partial charge in [-0.3, -0.25) is 5.10 Å². The second kappa shape index (κ2) is 6.40. The van der Waals surface area contributed by atoms with Crippen molar-refractivity contribution < 1.29 is 4.79 Å². The zero-order valence-corrected chi connectivity index (χ0v) is 15.4. The van der Waals surface area contributed by atoms with E-state index in [1.54, 1.807) is 11.7 Å². The number of urea groups is 1. The summed E-state index contributed by atoms with van der Waals surface area (Å²) in [6, 6.07) is 7.51. The molecule has 8 heteroatoms. The SMILES string of the molecule is CNC(=O)NCc1ccc(-c2nc3c(Cl)c(C(C)(C)C)[nH]n3n2)cc1. The van der Waals surface area contributed by atoms with Crippen LogP contribution in [-0.4, -0.2) is 32.9 Å². The van der Waals surface area contributed by atoms with E-state index in [0.717, 1.165) is 16.8 Å². The standard InChI is InChI=1S/C17H21ClN6O/c1-17(2,3)13-12(18)15-21-14(23-24(15)22-13)11-7-5-10(6-8-11)9-20-16(25)19-4/h5-8,22H,9H2,1-4H3,(H2,19,20,25). The third-order valence-electron chi connectivity index (χ3n) is 3.88. The number of carbonyl (C=O) groups is 1. The Kier molecular flexibility index (Phi) is 4.43. The van der Waals surface area contributed by atoms with Crippen molar-refractivity contribution in [1.29, 1.82) is 0 Å². The highest BCUT2D eigenvalue weighted by molar-refractivity contribution is 6.34. The van der Waals surface area contributed by atoms with Crippen molar-refractivity contribution in [2.75, 3.05) is 7.05 Å². The molecule has 0 fully saturated rings. The summed E-state index contributed by atoms with van der Waals surface area (Å²) in [6.45, 7) is 6.70. The van der Waals surface area contributed by atoms with Crippen molar-refractivity contribution in [3.63, 3.8) is 0 Å². The molecule has 1 aromatic carbocycles. The lowest BCUT2D eigenvalue weighted by molar-refractivity contribution is 0.242. The highest BCUT2D eigenvalue weighted by Crippen LogP contribution is 2.31. The number of aromatic amines is 1. The van der Waals surface area contributed by atoms with Crippen LogP contribution < -0.4 is 10.6 Å². The minimum Gasteiger partial charge on any atom is -0.341 e. The van der Waals surface area contributed by atoms with Gasteiger partial charge in [-0.2, -0.15) is 4.63 Å². The molecule has 2 aromatic heterocycles. The second-order valence-electron chi connectivity index (χ2n) is 6.85. The number of H-pyrrole nitrogens is 1. The largest absolute Gasteiger partial charge is 0.341 e. The van der Waals surface area contributed by atoms with Gasteiger partial charge in [-0.25, -0.2) is 9.78 Å². The summed E-state index contributed by atoms with van der Waals surface area (Å²) in [6.07, 6.45) is 0. The Bertz CT molecular complexity index is 904. The number of amides is 2. The van der Waals surface area contributed by atoms with Gasteiger partial charge in [-0.05, 0) is 5.56 Å². The van der Waals surface area contributed by atoms with Gasteiger partial charge in [-0.1, -0.05) is 56.6 Å². The van der Waals surface area contributed by atoms with Crippen LogP contribution in [0.1, 0.15) is 32.0 Å². The van der Waals surface area contributed by atoms with Crippen LogP contribution in [0.3, 0.4) is 0 Å². The van der Waals surface area contributed by atoms with E-state index in [1.807, 2.05) is 24.3 Å². The summed E-state index contributed by atoms with van der Waals surface area (Å²) in [5, 5.41) is 13.5. The molecule has 2 amide bonds. The maximum absolute atomic E-state index is 11.2. The zero-order valence-electron chi connectivity index (χ0n) is 14.6. The molecule has 0 bridgehead atoms. The summed E-state index contributed by atoms with van der Waals surface area (Å²) in [5.74, 6) is 0.597. The van der Waals surface area contributed by atoms with E-state index in [0.29, 0.717) is 23.0 Å². The maximum atomic E-state index is 11.2. The fourth-order valence-corrected chi connectivity index (χ4v) is 2.91. The summed E-state index contributed by atoms with van der Waals surface area (Å²) >= 11 is 6.45. The Morgan fingerprint density at radius 1 is 1.28 bits per heavy atom. The van der Waals surface area contributed by atoms with Gasteiger partial charge in [0.15, 0.2) is 11.5 Å². The van der Waals surface area contributed by atoms with Crippen LogP contribution in [0.5, 0.6) is 0 Å². The number of halogens is 1. The highest BCUT2D eigenvalue weighted by atomic mass is 35.5. The van der Waals surface area contributed by atoms with Crippen LogP contribution in [0, 0.1) is 0 Å². The van der Waals surface area contributed by atoms with Gasteiger partial charge in [0.2, 0.25) is 0 Å². The van der Waals surface area contributed by atoms with E-state index in [9.17, 15) is 4.79 Å². The quantitative estimate of drug-likeness (QED) is 0.670. The van der Waals surface area contributed by atoms with E-state index in [4.69, 9.17) is 11.6 Å². The Labute approximate surface area is 150 Å². The maximum Gasteiger partial charge on any atom is 0.314 e. The highest BCUT2D eigenvalue weighted by Gasteiger charge is 2.24. The molecular weight excluding hydrogens is 340 g/mol. The molecular formula is C17H21ClN6O. The molecule has 0 aliphatic heterocycles. The topological polar surface area (TPSA) is 87.1 Å². The van der Waals surface area contributed by atoms with Crippen molar-refractivity contribution >= 4 is 23.3 Å². The normalized spacial score (nSPS) is 11.7. The number of aromatic nitrogens is 4. The molecule has 0 atom stereocenters. The van der Waals surface area contributed by atoms with Crippen LogP contribution in [0.25, 0.3) is 17.0 Å². The minimum atomic E-state index is -0.210. The molecule has 0 saturated carbocycles. The van der Waals surface area contributed by atoms with Crippen molar-refractivity contribution in [3.8, 4) is 11.4 Å². The van der Waals surface area contributed by atoms with E-state index >= 15 is 0 Å². The Hall–Kier alpha value is -2.54. The zero-order chi connectivity index (χ0) is 18.2. The van der Waals surface area contributed by atoms with Crippen LogP contribution in [0.2, 0.25) is 5.02 Å². The van der Waals surface area contributed by atoms with Gasteiger partial charge in [0.25, 0.3) is 0 Å². The Balaban J connectivity index is 1.83. The van der Waals surface area contributed by atoms with E-state index in [-0.39, 0.29) is 11.4 Å². The predicted molar refractivity (Wildman–Crippen MR) is 97.8 cm³/mol. The van der Waals surface area contributed by atoms with E-state index in [2.05, 4.69) is 46.6 Å². The molecule has 0 spiro atoms. The van der Waals surface area contributed by atoms with Gasteiger partial charge in [0.1, 0.15) is 5.02 Å². The first kappa shape index (κ1) is 17.3. The molecule has 0 radical (unpaired) electrons. The van der Waals surface area contributed by atoms with Crippen LogP contribution >= 0.6 is 11.6 Å². The van der Waals surface area contributed by atoms with Crippen molar-refractivity contribution in [2.24, 2.45) is 0 Å². The Morgan fingerprint density at radius 3 is 2.52 bits per heavy atom. The number of nitrogens with zero attached hydrogens (tertiary/aromatic N) is 3. The number of benzene rings is 1. The Morgan fingerprint density at radius 2 is 1.96 bits per heavy atom. The average molecular weight is 361 g/mol. The molecule has 25 heavy (non-hydrogen) atoms. The molecule has 0 aliphatic rings. The summed E-state index contributed by atoms with van der Waals surface area (Å²) in [7, 11) is 1.58. The number of rotatable bonds is 3. The first-order valence-corrected chi connectivity index (χ1v) is 8.37. The summed E-state index contributed by atoms with van der Waals surface area (Å²) in [4.78, 5) is 15.8. The third kappa shape index (κ3) is 3.46. The predicted octanol–water partition coefficient (Wildman–Crippen LogP) is 3.10. The molecule has 0 aliphatic carbocycles. The van der Waals surface area contributed by atoms with E-state index < -0.39 is 0 Å². The lowest BCUT2D eigenvalue weighted by atomic mass is 9.92. The molecule has 3 aromatic rings. The van der Waals surface area contributed by atoms with Crippen LogP contribution in [0.15, 0.2) is 24.3 Å². The summed E-state index contributed by atoms with van der Waals surface area (Å²) in [5.41, 5.74) is 3.29. The molecule has 3 rings (SSSR count). The number of fused-ring (bicyclic) bond motifs is 1. The van der Waals surface area contributed by atoms with E-state index in [1.165, 1.54) is 0 Å². The number of hydrogen-bond donors (Lipinski definition) is 3. The summed E-state index contributed by atoms with van der Waals surface area (Å²) < 4.78 is 1.61. The molecule has 7 nitrogen and oxygen atoms in total. The fraction of sp³-hybridized carbons (Fsp3) is 0.353. The average Bonchev–Trinajstić information content (AvgIpc) is 3.12. The number of hydrogen-bond acceptors (Lipinski definition) is 3. The van der Waals surface area contributed by atoms with Crippen LogP contribution in [0.4, 0.5) is 4.79 Å². The number of nitrogens with one attached hydrogen (secondary N) is 3. The van der Waals surface area contributed by atoms with Gasteiger partial charge in [0.05, 0.1) is 5.69 Å². The molecule has 132 valence electrons. The van der Waals surface area contributed by atoms with Gasteiger partial charge < -0.3 is 10.6 Å². The second-order valence-corrected chi connectivity index (χ2v) is 7.23. The van der Waals surface area contributed by atoms with Crippen molar-refractivity contribution in [2.45, 2.75) is 32.7 Å². The number of carbonyl (C=O) groups excluding carboxylic acids is 1. The lowest BCUT2D eigenvalue weighted by Gasteiger charge is -2.16. The van der Waals surface area contributed by atoms with Crippen molar-refractivity contribution in [3.05, 3.63) is 40.5 Å². The van der Waals surface area contributed by atoms with Gasteiger partial charge in [-0.15, -0.1) is 5.10 Å². The minimum absolute atomic E-state index is 0.112. The van der Waals surface area contributed by atoms with Gasteiger partial charge in [0, 0.05) is 24.6 Å².